The first-order chi connectivity index (χ1) is 8.78. The van der Waals surface area contributed by atoms with Gasteiger partial charge in [-0.2, -0.15) is 0 Å². The van der Waals surface area contributed by atoms with Gasteiger partial charge in [0.15, 0.2) is 0 Å². The average molecular weight is 255 g/mol. The third-order valence-electron chi connectivity index (χ3n) is 2.96. The zero-order valence-electron chi connectivity index (χ0n) is 9.65. The van der Waals surface area contributed by atoms with Crippen LogP contribution in [-0.4, -0.2) is 9.97 Å². The quantitative estimate of drug-likeness (QED) is 0.715. The normalized spacial score (nSPS) is 10.7. The van der Waals surface area contributed by atoms with Crippen LogP contribution in [0.2, 0.25) is 5.02 Å². The minimum atomic E-state index is 0.737. The van der Waals surface area contributed by atoms with Crippen molar-refractivity contribution >= 4 is 28.7 Å². The number of hydrogen-bond donors (Lipinski definition) is 1. The van der Waals surface area contributed by atoms with Crippen molar-refractivity contribution in [3.63, 3.8) is 0 Å². The molecule has 0 unspecified atom stereocenters. The molecule has 0 fully saturated rings. The van der Waals surface area contributed by atoms with Crippen LogP contribution in [-0.2, 0) is 0 Å². The Bertz CT molecular complexity index is 711. The van der Waals surface area contributed by atoms with E-state index in [1.807, 2.05) is 42.7 Å². The molecule has 18 heavy (non-hydrogen) atoms. The second kappa shape index (κ2) is 4.31. The van der Waals surface area contributed by atoms with E-state index in [0.717, 1.165) is 32.7 Å². The lowest BCUT2D eigenvalue weighted by molar-refractivity contribution is 1.32. The van der Waals surface area contributed by atoms with Gasteiger partial charge < -0.3 is 4.98 Å². The molecule has 0 aliphatic carbocycles. The summed E-state index contributed by atoms with van der Waals surface area (Å²) in [6.07, 6.45) is 5.59. The van der Waals surface area contributed by atoms with E-state index in [4.69, 9.17) is 11.6 Å². The van der Waals surface area contributed by atoms with Crippen LogP contribution in [0.5, 0.6) is 0 Å². The highest BCUT2D eigenvalue weighted by molar-refractivity contribution is 6.30. The van der Waals surface area contributed by atoms with Gasteiger partial charge in [-0.1, -0.05) is 36.4 Å². The van der Waals surface area contributed by atoms with Crippen molar-refractivity contribution in [3.8, 4) is 11.1 Å². The molecule has 0 radical (unpaired) electrons. The minimum absolute atomic E-state index is 0.737. The zero-order valence-corrected chi connectivity index (χ0v) is 10.4. The van der Waals surface area contributed by atoms with Crippen molar-refractivity contribution in [3.05, 3.63) is 59.9 Å². The fourth-order valence-corrected chi connectivity index (χ4v) is 2.12. The highest BCUT2D eigenvalue weighted by Gasteiger charge is 2.05. The largest absolute Gasteiger partial charge is 0.346 e. The summed E-state index contributed by atoms with van der Waals surface area (Å²) in [4.78, 5) is 7.54. The van der Waals surface area contributed by atoms with Crippen molar-refractivity contribution in [2.45, 2.75) is 0 Å². The maximum atomic E-state index is 5.89. The maximum Gasteiger partial charge on any atom is 0.137 e. The molecule has 88 valence electrons. The fraction of sp³-hybridized carbons (Fsp3) is 0. The lowest BCUT2D eigenvalue weighted by Gasteiger charge is -2.02. The number of rotatable bonds is 2. The van der Waals surface area contributed by atoms with Gasteiger partial charge >= 0.3 is 0 Å². The zero-order chi connectivity index (χ0) is 12.5. The molecule has 0 bridgehead atoms. The van der Waals surface area contributed by atoms with Crippen LogP contribution < -0.4 is 0 Å². The number of nitrogens with zero attached hydrogens (tertiary/aromatic N) is 1. The average Bonchev–Trinajstić information content (AvgIpc) is 2.81. The van der Waals surface area contributed by atoms with Gasteiger partial charge in [0.2, 0.25) is 0 Å². The minimum Gasteiger partial charge on any atom is -0.346 e. The van der Waals surface area contributed by atoms with Crippen LogP contribution in [0, 0.1) is 0 Å². The Balaban J connectivity index is 2.17. The number of pyridine rings is 1. The molecule has 0 atom stereocenters. The van der Waals surface area contributed by atoms with E-state index in [0.29, 0.717) is 0 Å². The van der Waals surface area contributed by atoms with Crippen molar-refractivity contribution in [1.82, 2.24) is 9.97 Å². The number of fused-ring (bicyclic) bond motifs is 1. The summed E-state index contributed by atoms with van der Waals surface area (Å²) in [7, 11) is 0. The molecule has 0 aliphatic rings. The molecule has 0 spiro atoms. The Hall–Kier alpha value is -2.06. The summed E-state index contributed by atoms with van der Waals surface area (Å²) in [6, 6.07) is 9.86. The van der Waals surface area contributed by atoms with E-state index in [2.05, 4.69) is 22.6 Å². The molecule has 3 heteroatoms. The van der Waals surface area contributed by atoms with E-state index in [1.54, 1.807) is 0 Å². The number of hydrogen-bond acceptors (Lipinski definition) is 1. The molecule has 3 aromatic rings. The molecule has 0 saturated heterocycles. The van der Waals surface area contributed by atoms with Crippen LogP contribution in [0.3, 0.4) is 0 Å². The highest BCUT2D eigenvalue weighted by atomic mass is 35.5. The van der Waals surface area contributed by atoms with E-state index in [9.17, 15) is 0 Å². The van der Waals surface area contributed by atoms with Crippen molar-refractivity contribution < 1.29 is 0 Å². The van der Waals surface area contributed by atoms with Crippen LogP contribution in [0.1, 0.15) is 5.56 Å². The summed E-state index contributed by atoms with van der Waals surface area (Å²) in [6.45, 7) is 3.80. The van der Waals surface area contributed by atoms with E-state index >= 15 is 0 Å². The molecule has 3 rings (SSSR count). The Morgan fingerprint density at radius 2 is 1.94 bits per heavy atom. The molecule has 2 heterocycles. The van der Waals surface area contributed by atoms with Gasteiger partial charge in [-0.05, 0) is 23.8 Å². The van der Waals surface area contributed by atoms with E-state index < -0.39 is 0 Å². The van der Waals surface area contributed by atoms with E-state index in [1.165, 1.54) is 0 Å². The lowest BCUT2D eigenvalue weighted by atomic mass is 10.1. The molecular formula is C15H11ClN2. The summed E-state index contributed by atoms with van der Waals surface area (Å²) >= 11 is 5.89. The maximum absolute atomic E-state index is 5.89. The Kier molecular flexibility index (Phi) is 2.65. The molecule has 2 aromatic heterocycles. The van der Waals surface area contributed by atoms with E-state index in [-0.39, 0.29) is 0 Å². The third-order valence-corrected chi connectivity index (χ3v) is 3.21. The highest BCUT2D eigenvalue weighted by Crippen LogP contribution is 2.26. The third kappa shape index (κ3) is 1.81. The molecule has 0 aliphatic heterocycles. The molecule has 1 N–H and O–H groups in total. The topological polar surface area (TPSA) is 28.7 Å². The van der Waals surface area contributed by atoms with Gasteiger partial charge in [0.25, 0.3) is 0 Å². The number of aromatic amines is 1. The van der Waals surface area contributed by atoms with Gasteiger partial charge in [0, 0.05) is 33.9 Å². The lowest BCUT2D eigenvalue weighted by Crippen LogP contribution is -1.82. The number of H-pyrrole nitrogens is 1. The predicted octanol–water partition coefficient (Wildman–Crippen LogP) is 4.53. The van der Waals surface area contributed by atoms with Crippen LogP contribution in [0.4, 0.5) is 0 Å². The first-order valence-electron chi connectivity index (χ1n) is 5.63. The SMILES string of the molecule is C=Cc1c[nH]c2ncc(-c3ccc(Cl)cc3)cc12. The molecule has 0 saturated carbocycles. The Labute approximate surface area is 110 Å². The number of aromatic nitrogens is 2. The molecule has 2 nitrogen and oxygen atoms in total. The van der Waals surface area contributed by atoms with Gasteiger partial charge in [-0.3, -0.25) is 0 Å². The molecule has 0 amide bonds. The number of benzene rings is 1. The van der Waals surface area contributed by atoms with Crippen molar-refractivity contribution in [2.24, 2.45) is 0 Å². The summed E-state index contributed by atoms with van der Waals surface area (Å²) in [5.74, 6) is 0. The van der Waals surface area contributed by atoms with Gasteiger partial charge in [-0.25, -0.2) is 4.98 Å². The number of halogens is 1. The Morgan fingerprint density at radius 3 is 2.67 bits per heavy atom. The number of nitrogens with one attached hydrogen (secondary N) is 1. The van der Waals surface area contributed by atoms with Crippen LogP contribution in [0.15, 0.2) is 49.3 Å². The van der Waals surface area contributed by atoms with Gasteiger partial charge in [-0.15, -0.1) is 0 Å². The summed E-state index contributed by atoms with van der Waals surface area (Å²) in [5, 5.41) is 1.82. The fourth-order valence-electron chi connectivity index (χ4n) is 1.99. The first kappa shape index (κ1) is 11.1. The monoisotopic (exact) mass is 254 g/mol. The van der Waals surface area contributed by atoms with Crippen LogP contribution in [0.25, 0.3) is 28.2 Å². The van der Waals surface area contributed by atoms with Crippen molar-refractivity contribution in [1.29, 1.82) is 0 Å². The smallest absolute Gasteiger partial charge is 0.137 e. The Morgan fingerprint density at radius 1 is 1.17 bits per heavy atom. The molecule has 1 aromatic carbocycles. The molecular weight excluding hydrogens is 244 g/mol. The first-order valence-corrected chi connectivity index (χ1v) is 6.01. The van der Waals surface area contributed by atoms with Crippen molar-refractivity contribution in [2.75, 3.05) is 0 Å². The second-order valence-corrected chi connectivity index (χ2v) is 4.51. The second-order valence-electron chi connectivity index (χ2n) is 4.08. The van der Waals surface area contributed by atoms with Crippen LogP contribution >= 0.6 is 11.6 Å². The predicted molar refractivity (Wildman–Crippen MR) is 76.6 cm³/mol. The van der Waals surface area contributed by atoms with Gasteiger partial charge in [0.1, 0.15) is 5.65 Å². The summed E-state index contributed by atoms with van der Waals surface area (Å²) < 4.78 is 0. The standard InChI is InChI=1S/C15H11ClN2/c1-2-10-8-17-15-14(10)7-12(9-18-15)11-3-5-13(16)6-4-11/h2-9H,1H2,(H,17,18). The summed E-state index contributed by atoms with van der Waals surface area (Å²) in [5.41, 5.74) is 4.11. The van der Waals surface area contributed by atoms with Gasteiger partial charge in [0.05, 0.1) is 0 Å².